The van der Waals surface area contributed by atoms with Crippen LogP contribution in [0.5, 0.6) is 0 Å². The average molecular weight is 748 g/mol. The van der Waals surface area contributed by atoms with E-state index in [1.807, 2.05) is 0 Å². The minimum Gasteiger partial charge on any atom is -0.310 e. The van der Waals surface area contributed by atoms with Gasteiger partial charge in [-0.3, -0.25) is 0 Å². The summed E-state index contributed by atoms with van der Waals surface area (Å²) in [5.41, 5.74) is 18.9. The fourth-order valence-corrected chi connectivity index (χ4v) is 15.4. The Bertz CT molecular complexity index is 2810. The molecule has 0 amide bonds. The molecule has 15 rings (SSSR count). The van der Waals surface area contributed by atoms with Crippen LogP contribution in [0.15, 0.2) is 152 Å². The van der Waals surface area contributed by atoms with E-state index in [1.165, 1.54) is 119 Å². The van der Waals surface area contributed by atoms with Crippen molar-refractivity contribution >= 4 is 27.8 Å². The van der Waals surface area contributed by atoms with Gasteiger partial charge in [-0.05, 0) is 196 Å². The molecular formula is C57H49N. The lowest BCUT2D eigenvalue weighted by Crippen LogP contribution is -2.55. The zero-order valence-corrected chi connectivity index (χ0v) is 33.2. The Morgan fingerprint density at radius 1 is 0.379 bits per heavy atom. The van der Waals surface area contributed by atoms with Crippen LogP contribution < -0.4 is 4.90 Å². The lowest BCUT2D eigenvalue weighted by Gasteiger charge is -2.61. The SMILES string of the molecule is c1ccc2c(c1)-c1ccc(N(c3ccc(-c4ccc5ccccc5c4)cc3)c3ccc4c(c3)-c3ccccc3C43C4CC5CC(C4)CC3C5)cc1C21CC2CCC1C2. The number of nitrogens with zero attached hydrogens (tertiary/aromatic N) is 1. The number of anilines is 3. The summed E-state index contributed by atoms with van der Waals surface area (Å²) in [6, 6.07) is 59.3. The second-order valence-electron chi connectivity index (χ2n) is 19.7. The summed E-state index contributed by atoms with van der Waals surface area (Å²) in [6.07, 6.45) is 12.6. The van der Waals surface area contributed by atoms with Gasteiger partial charge in [0.25, 0.3) is 0 Å². The van der Waals surface area contributed by atoms with Gasteiger partial charge in [-0.1, -0.05) is 116 Å². The molecule has 0 saturated heterocycles. The van der Waals surface area contributed by atoms with Crippen molar-refractivity contribution in [2.75, 3.05) is 4.90 Å². The van der Waals surface area contributed by atoms with Crippen molar-refractivity contribution in [3.8, 4) is 33.4 Å². The molecule has 0 aliphatic heterocycles. The molecule has 282 valence electrons. The first-order valence-electron chi connectivity index (χ1n) is 22.5. The fourth-order valence-electron chi connectivity index (χ4n) is 15.4. The molecular weight excluding hydrogens is 699 g/mol. The third-order valence-corrected chi connectivity index (χ3v) is 17.3. The average Bonchev–Trinajstić information content (AvgIpc) is 4.03. The van der Waals surface area contributed by atoms with Gasteiger partial charge in [0, 0.05) is 27.9 Å². The predicted molar refractivity (Wildman–Crippen MR) is 239 cm³/mol. The van der Waals surface area contributed by atoms with Gasteiger partial charge in [-0.15, -0.1) is 0 Å². The standard InChI is InChI=1S/C57H49N/c1-2-8-40-31-41(15-14-38(40)7-1)39-16-19-45(20-17-39)58(47-21-23-50-48-9-3-5-11-52(48)56(55(50)33-47)34-35-13-18-42(56)26-35)46-22-24-54-51(32-46)49-10-4-6-12-53(49)57(54)43-27-36-25-37(29-43)30-44(57)28-36/h1-12,14-17,19-24,31-33,35-37,42-44H,13,18,25-30,34H2. The summed E-state index contributed by atoms with van der Waals surface area (Å²) in [5, 5.41) is 2.57. The number of benzene rings is 7. The van der Waals surface area contributed by atoms with E-state index in [1.54, 1.807) is 22.3 Å². The highest BCUT2D eigenvalue weighted by Crippen LogP contribution is 2.70. The summed E-state index contributed by atoms with van der Waals surface area (Å²) in [6.45, 7) is 0. The van der Waals surface area contributed by atoms with E-state index < -0.39 is 0 Å². The van der Waals surface area contributed by atoms with Crippen molar-refractivity contribution in [2.24, 2.45) is 35.5 Å². The van der Waals surface area contributed by atoms with Gasteiger partial charge in [0.2, 0.25) is 0 Å². The number of hydrogen-bond acceptors (Lipinski definition) is 1. The van der Waals surface area contributed by atoms with Gasteiger partial charge < -0.3 is 4.90 Å². The molecule has 6 bridgehead atoms. The van der Waals surface area contributed by atoms with Crippen LogP contribution in [0.1, 0.15) is 80.0 Å². The molecule has 1 heteroatoms. The maximum Gasteiger partial charge on any atom is 0.0468 e. The fraction of sp³-hybridized carbons (Fsp3) is 0.298. The third-order valence-electron chi connectivity index (χ3n) is 17.3. The highest BCUT2D eigenvalue weighted by atomic mass is 15.1. The normalized spacial score (nSPS) is 29.9. The number of rotatable bonds is 4. The molecule has 7 aromatic carbocycles. The Morgan fingerprint density at radius 3 is 1.74 bits per heavy atom. The van der Waals surface area contributed by atoms with Crippen LogP contribution in [0.3, 0.4) is 0 Å². The summed E-state index contributed by atoms with van der Waals surface area (Å²) in [4.78, 5) is 2.60. The maximum absolute atomic E-state index is 2.63. The quantitative estimate of drug-likeness (QED) is 0.173. The second-order valence-corrected chi connectivity index (χ2v) is 19.7. The molecule has 0 N–H and O–H groups in total. The molecule has 0 heterocycles. The van der Waals surface area contributed by atoms with Crippen LogP contribution in [0.2, 0.25) is 0 Å². The maximum atomic E-state index is 2.63. The molecule has 6 fully saturated rings. The molecule has 0 radical (unpaired) electrons. The minimum atomic E-state index is 0.138. The monoisotopic (exact) mass is 747 g/mol. The molecule has 3 atom stereocenters. The smallest absolute Gasteiger partial charge is 0.0468 e. The third kappa shape index (κ3) is 4.18. The van der Waals surface area contributed by atoms with Gasteiger partial charge in [0.05, 0.1) is 0 Å². The van der Waals surface area contributed by atoms with Crippen molar-refractivity contribution in [3.63, 3.8) is 0 Å². The second kappa shape index (κ2) is 11.6. The van der Waals surface area contributed by atoms with Crippen LogP contribution in [-0.4, -0.2) is 0 Å². The first-order chi connectivity index (χ1) is 28.6. The van der Waals surface area contributed by atoms with Crippen molar-refractivity contribution in [1.82, 2.24) is 0 Å². The zero-order chi connectivity index (χ0) is 37.7. The van der Waals surface area contributed by atoms with Crippen molar-refractivity contribution < 1.29 is 0 Å². The number of fused-ring (bicyclic) bond motifs is 12. The molecule has 8 aliphatic rings. The molecule has 58 heavy (non-hydrogen) atoms. The largest absolute Gasteiger partial charge is 0.310 e. The summed E-state index contributed by atoms with van der Waals surface area (Å²) in [7, 11) is 0. The van der Waals surface area contributed by atoms with E-state index >= 15 is 0 Å². The van der Waals surface area contributed by atoms with Gasteiger partial charge in [-0.25, -0.2) is 0 Å². The molecule has 8 aliphatic carbocycles. The lowest BCUT2D eigenvalue weighted by atomic mass is 9.43. The summed E-state index contributed by atoms with van der Waals surface area (Å²) in [5.74, 6) is 5.01. The highest BCUT2D eigenvalue weighted by Gasteiger charge is 2.62. The molecule has 3 unspecified atom stereocenters. The summed E-state index contributed by atoms with van der Waals surface area (Å²) < 4.78 is 0. The zero-order valence-electron chi connectivity index (χ0n) is 33.2. The Kier molecular flexibility index (Phi) is 6.52. The predicted octanol–water partition coefficient (Wildman–Crippen LogP) is 14.8. The van der Waals surface area contributed by atoms with Gasteiger partial charge in [0.15, 0.2) is 0 Å². The molecule has 2 spiro atoms. The van der Waals surface area contributed by atoms with E-state index in [4.69, 9.17) is 0 Å². The highest BCUT2D eigenvalue weighted by molar-refractivity contribution is 5.91. The van der Waals surface area contributed by atoms with Gasteiger partial charge in [-0.2, -0.15) is 0 Å². The van der Waals surface area contributed by atoms with Crippen molar-refractivity contribution in [1.29, 1.82) is 0 Å². The molecule has 7 aromatic rings. The van der Waals surface area contributed by atoms with Gasteiger partial charge in [0.1, 0.15) is 0 Å². The minimum absolute atomic E-state index is 0.138. The van der Waals surface area contributed by atoms with Crippen LogP contribution in [0, 0.1) is 35.5 Å². The topological polar surface area (TPSA) is 3.24 Å². The van der Waals surface area contributed by atoms with E-state index in [9.17, 15) is 0 Å². The van der Waals surface area contributed by atoms with Crippen LogP contribution in [-0.2, 0) is 10.8 Å². The summed E-state index contributed by atoms with van der Waals surface area (Å²) >= 11 is 0. The first-order valence-corrected chi connectivity index (χ1v) is 22.5. The van der Waals surface area contributed by atoms with E-state index in [0.29, 0.717) is 0 Å². The van der Waals surface area contributed by atoms with E-state index in [0.717, 1.165) is 35.5 Å². The van der Waals surface area contributed by atoms with E-state index in [-0.39, 0.29) is 10.8 Å². The molecule has 1 nitrogen and oxygen atoms in total. The van der Waals surface area contributed by atoms with Crippen LogP contribution >= 0.6 is 0 Å². The Hall–Kier alpha value is -5.40. The molecule has 0 aromatic heterocycles. The Labute approximate surface area is 342 Å². The molecule has 6 saturated carbocycles. The lowest BCUT2D eigenvalue weighted by molar-refractivity contribution is -0.0399. The number of hydrogen-bond donors (Lipinski definition) is 0. The first kappa shape index (κ1) is 32.5. The van der Waals surface area contributed by atoms with Crippen molar-refractivity contribution in [2.45, 2.75) is 68.6 Å². The van der Waals surface area contributed by atoms with Crippen LogP contribution in [0.4, 0.5) is 17.1 Å². The van der Waals surface area contributed by atoms with E-state index in [2.05, 4.69) is 157 Å². The van der Waals surface area contributed by atoms with Gasteiger partial charge >= 0.3 is 0 Å². The van der Waals surface area contributed by atoms with Crippen molar-refractivity contribution in [3.05, 3.63) is 174 Å². The Balaban J connectivity index is 0.946. The van der Waals surface area contributed by atoms with Crippen LogP contribution in [0.25, 0.3) is 44.2 Å². The Morgan fingerprint density at radius 2 is 0.983 bits per heavy atom.